The molecule has 4 fully saturated rings. The van der Waals surface area contributed by atoms with Crippen molar-refractivity contribution in [3.8, 4) is 22.4 Å². The molecule has 53 heavy (non-hydrogen) atoms. The van der Waals surface area contributed by atoms with Crippen LogP contribution in [0, 0.1) is 23.7 Å². The average molecular weight is 714 g/mol. The van der Waals surface area contributed by atoms with Crippen molar-refractivity contribution in [1.82, 2.24) is 35.1 Å². The Hall–Kier alpha value is -5.19. The van der Waals surface area contributed by atoms with Crippen LogP contribution in [0.5, 0.6) is 0 Å². The van der Waals surface area contributed by atoms with Crippen molar-refractivity contribution in [2.75, 3.05) is 7.11 Å². The molecular formula is C42H47N7O4. The molecule has 3 N–H and O–H groups in total. The second-order valence-electron chi connectivity index (χ2n) is 16.4. The van der Waals surface area contributed by atoms with Gasteiger partial charge in [-0.15, -0.1) is 0 Å². The predicted octanol–water partition coefficient (Wildman–Crippen LogP) is 7.52. The summed E-state index contributed by atoms with van der Waals surface area (Å²) in [6.45, 7) is 8.07. The van der Waals surface area contributed by atoms with E-state index in [1.54, 1.807) is 0 Å². The summed E-state index contributed by atoms with van der Waals surface area (Å²) in [5.41, 5.74) is 6.08. The Balaban J connectivity index is 0.926. The van der Waals surface area contributed by atoms with Gasteiger partial charge < -0.3 is 29.8 Å². The van der Waals surface area contributed by atoms with Gasteiger partial charge in [0.1, 0.15) is 17.7 Å². The Morgan fingerprint density at radius 2 is 1.51 bits per heavy atom. The van der Waals surface area contributed by atoms with E-state index in [2.05, 4.69) is 88.6 Å². The average Bonchev–Trinajstić information content (AvgIpc) is 3.76. The van der Waals surface area contributed by atoms with Crippen molar-refractivity contribution in [1.29, 1.82) is 0 Å². The Bertz CT molecular complexity index is 2240. The first-order valence-corrected chi connectivity index (χ1v) is 19.1. The molecule has 2 saturated carbocycles. The van der Waals surface area contributed by atoms with Gasteiger partial charge in [-0.25, -0.2) is 14.8 Å². The molecule has 11 nitrogen and oxygen atoms in total. The maximum Gasteiger partial charge on any atom is 0.407 e. The van der Waals surface area contributed by atoms with Gasteiger partial charge in [0, 0.05) is 23.9 Å². The number of H-pyrrole nitrogens is 2. The molecule has 2 aliphatic carbocycles. The van der Waals surface area contributed by atoms with Crippen LogP contribution in [0.25, 0.3) is 44.2 Å². The maximum atomic E-state index is 13.8. The highest BCUT2D eigenvalue weighted by Gasteiger charge is 2.57. The fraction of sp³-hybridized carbons (Fsp3) is 0.452. The molecule has 0 radical (unpaired) electrons. The van der Waals surface area contributed by atoms with E-state index < -0.39 is 12.1 Å². The number of carbonyl (C=O) groups excluding carboxylic acids is 3. The van der Waals surface area contributed by atoms with E-state index in [0.717, 1.165) is 81.5 Å². The van der Waals surface area contributed by atoms with Crippen LogP contribution in [0.15, 0.2) is 60.8 Å². The molecule has 2 saturated heterocycles. The lowest BCUT2D eigenvalue weighted by molar-refractivity contribution is -0.137. The van der Waals surface area contributed by atoms with Crippen LogP contribution in [-0.4, -0.2) is 72.9 Å². The number of hydrogen-bond acceptors (Lipinski definition) is 6. The number of aromatic amines is 2. The second kappa shape index (κ2) is 12.7. The highest BCUT2D eigenvalue weighted by Crippen LogP contribution is 2.54. The monoisotopic (exact) mass is 713 g/mol. The summed E-state index contributed by atoms with van der Waals surface area (Å²) < 4.78 is 4.80. The second-order valence-corrected chi connectivity index (χ2v) is 16.4. The number of alkyl carbamates (subject to hydrolysis) is 1. The summed E-state index contributed by atoms with van der Waals surface area (Å²) >= 11 is 0. The van der Waals surface area contributed by atoms with Gasteiger partial charge in [0.15, 0.2) is 0 Å². The van der Waals surface area contributed by atoms with Gasteiger partial charge in [-0.3, -0.25) is 9.59 Å². The van der Waals surface area contributed by atoms with Crippen LogP contribution in [0.2, 0.25) is 0 Å². The fourth-order valence-corrected chi connectivity index (χ4v) is 9.04. The maximum absolute atomic E-state index is 13.8. The number of methoxy groups -OCH3 is 1. The summed E-state index contributed by atoms with van der Waals surface area (Å²) in [6.07, 6.45) is 5.78. The van der Waals surface area contributed by atoms with Gasteiger partial charge in [-0.2, -0.15) is 0 Å². The van der Waals surface area contributed by atoms with Crippen molar-refractivity contribution in [3.05, 3.63) is 72.4 Å². The zero-order valence-electron chi connectivity index (χ0n) is 30.9. The van der Waals surface area contributed by atoms with Gasteiger partial charge in [0.05, 0.1) is 42.1 Å². The Kier molecular flexibility index (Phi) is 8.08. The van der Waals surface area contributed by atoms with Gasteiger partial charge in [-0.05, 0) is 83.6 Å². The Morgan fingerprint density at radius 3 is 2.21 bits per heavy atom. The minimum Gasteiger partial charge on any atom is -0.453 e. The molecule has 7 atom stereocenters. The molecule has 4 aliphatic rings. The zero-order chi connectivity index (χ0) is 36.7. The number of likely N-dealkylation sites (tertiary alicyclic amines) is 2. The number of benzene rings is 3. The molecule has 2 aliphatic heterocycles. The number of hydrogen-bond donors (Lipinski definition) is 3. The van der Waals surface area contributed by atoms with E-state index >= 15 is 0 Å². The number of piperidine rings is 2. The lowest BCUT2D eigenvalue weighted by Gasteiger charge is -2.31. The van der Waals surface area contributed by atoms with E-state index in [0.29, 0.717) is 30.2 Å². The molecule has 9 rings (SSSR count). The molecule has 11 heteroatoms. The number of nitrogens with one attached hydrogen (secondary N) is 3. The minimum absolute atomic E-state index is 0.0222. The van der Waals surface area contributed by atoms with E-state index in [9.17, 15) is 14.4 Å². The van der Waals surface area contributed by atoms with Gasteiger partial charge in [0.2, 0.25) is 11.8 Å². The summed E-state index contributed by atoms with van der Waals surface area (Å²) in [6, 6.07) is 19.0. The topological polar surface area (TPSA) is 136 Å². The third kappa shape index (κ3) is 5.94. The van der Waals surface area contributed by atoms with Crippen LogP contribution < -0.4 is 5.32 Å². The summed E-state index contributed by atoms with van der Waals surface area (Å²) in [4.78, 5) is 60.0. The lowest BCUT2D eigenvalue weighted by atomic mass is 9.99. The van der Waals surface area contributed by atoms with E-state index in [4.69, 9.17) is 14.7 Å². The molecule has 2 unspecified atom stereocenters. The highest BCUT2D eigenvalue weighted by molar-refractivity contribution is 6.05. The predicted molar refractivity (Wildman–Crippen MR) is 202 cm³/mol. The molecule has 2 aromatic heterocycles. The van der Waals surface area contributed by atoms with E-state index in [1.807, 2.05) is 24.9 Å². The van der Waals surface area contributed by atoms with Crippen molar-refractivity contribution in [2.45, 2.75) is 90.0 Å². The molecular weight excluding hydrogens is 667 g/mol. The normalized spacial score (nSPS) is 24.9. The standard InChI is InChI=1S/C42H47N7O4/c1-21(2)14-36(50)48-32-16-27(32)19-35(48)40-44-30-13-11-26-15-25(10-12-29(26)38(30)46-40)23-6-8-24(9-7-23)31-20-43-39(45-31)34-18-28-17-33(28)49(34)41(51)37(22(3)4)47-42(52)53-5/h6-13,15,20-22,27-28,32-35,37H,14,16-19H2,1-5H3,(H,43,45)(H,44,46)(H,47,52)/t27-,28?,32-,33?,34+,35+,37+/m1/s1. The number of fused-ring (bicyclic) bond motifs is 5. The molecule has 3 aromatic carbocycles. The van der Waals surface area contributed by atoms with Crippen LogP contribution in [0.3, 0.4) is 0 Å². The van der Waals surface area contributed by atoms with Crippen molar-refractivity contribution >= 4 is 39.7 Å². The molecule has 3 amide bonds. The Labute approximate surface area is 308 Å². The Morgan fingerprint density at radius 1 is 0.830 bits per heavy atom. The third-order valence-corrected chi connectivity index (χ3v) is 12.0. The molecule has 4 heterocycles. The van der Waals surface area contributed by atoms with Gasteiger partial charge >= 0.3 is 6.09 Å². The minimum atomic E-state index is -0.663. The van der Waals surface area contributed by atoms with Crippen LogP contribution >= 0.6 is 0 Å². The zero-order valence-corrected chi connectivity index (χ0v) is 30.9. The van der Waals surface area contributed by atoms with E-state index in [1.165, 1.54) is 7.11 Å². The number of nitrogens with zero attached hydrogens (tertiary/aromatic N) is 4. The summed E-state index contributed by atoms with van der Waals surface area (Å²) in [5.74, 6) is 3.15. The van der Waals surface area contributed by atoms with Gasteiger partial charge in [0.25, 0.3) is 0 Å². The van der Waals surface area contributed by atoms with Crippen molar-refractivity contribution < 1.29 is 19.1 Å². The first kappa shape index (κ1) is 33.6. The lowest BCUT2D eigenvalue weighted by Crippen LogP contribution is -2.52. The smallest absolute Gasteiger partial charge is 0.407 e. The number of amides is 3. The number of aromatic nitrogens is 4. The first-order chi connectivity index (χ1) is 25.6. The van der Waals surface area contributed by atoms with Crippen LogP contribution in [0.4, 0.5) is 4.79 Å². The molecule has 0 spiro atoms. The van der Waals surface area contributed by atoms with Crippen molar-refractivity contribution in [3.63, 3.8) is 0 Å². The summed E-state index contributed by atoms with van der Waals surface area (Å²) in [5, 5.41) is 4.96. The van der Waals surface area contributed by atoms with E-state index in [-0.39, 0.29) is 35.9 Å². The SMILES string of the molecule is COC(=O)N[C@H](C(=O)N1C2CC2C[C@H]1c1ncc(-c2ccc(-c3ccc4c(ccc5[nH]c([C@@H]6C[C@H]7C[C@H]7N6C(=O)CC(C)C)nc54)c3)cc2)[nH]1)C(C)C. The third-order valence-electron chi connectivity index (χ3n) is 12.0. The highest BCUT2D eigenvalue weighted by atomic mass is 16.5. The molecule has 274 valence electrons. The number of carbonyl (C=O) groups is 3. The van der Waals surface area contributed by atoms with Crippen LogP contribution in [0.1, 0.15) is 83.5 Å². The molecule has 5 aromatic rings. The fourth-order valence-electron chi connectivity index (χ4n) is 9.04. The number of ether oxygens (including phenoxy) is 1. The largest absolute Gasteiger partial charge is 0.453 e. The van der Waals surface area contributed by atoms with Crippen molar-refractivity contribution in [2.24, 2.45) is 23.7 Å². The number of rotatable bonds is 9. The first-order valence-electron chi connectivity index (χ1n) is 19.1. The summed E-state index contributed by atoms with van der Waals surface area (Å²) in [7, 11) is 1.31. The molecule has 0 bridgehead atoms. The van der Waals surface area contributed by atoms with Gasteiger partial charge in [-0.1, -0.05) is 70.2 Å². The number of imidazole rings is 2. The van der Waals surface area contributed by atoms with Crippen LogP contribution in [-0.2, 0) is 14.3 Å². The quantitative estimate of drug-likeness (QED) is 0.145.